The molecule has 0 bridgehead atoms. The number of hydrogen-bond donors (Lipinski definition) is 1. The quantitative estimate of drug-likeness (QED) is 0.897. The summed E-state index contributed by atoms with van der Waals surface area (Å²) in [6, 6.07) is 5.99. The Morgan fingerprint density at radius 2 is 2.28 bits per heavy atom. The zero-order valence-electron chi connectivity index (χ0n) is 11.2. The van der Waals surface area contributed by atoms with Gasteiger partial charge >= 0.3 is 0 Å². The second kappa shape index (κ2) is 6.07. The Bertz CT molecular complexity index is 407. The monoisotopic (exact) mass is 311 g/mol. The number of aromatic hydroxyl groups is 1. The Balaban J connectivity index is 2.14. The van der Waals surface area contributed by atoms with Gasteiger partial charge in [0.25, 0.3) is 0 Å². The molecule has 2 rings (SSSR count). The van der Waals surface area contributed by atoms with Crippen LogP contribution in [0.25, 0.3) is 0 Å². The summed E-state index contributed by atoms with van der Waals surface area (Å²) in [6.07, 6.45) is 3.88. The summed E-state index contributed by atoms with van der Waals surface area (Å²) in [7, 11) is 0. The normalized spacial score (nSPS) is 22.9. The molecule has 1 saturated heterocycles. The zero-order valence-corrected chi connectivity index (χ0v) is 12.8. The van der Waals surface area contributed by atoms with Gasteiger partial charge in [-0.05, 0) is 50.4 Å². The third-order valence-electron chi connectivity index (χ3n) is 4.12. The molecule has 2 nitrogen and oxygen atoms in total. The first-order valence-electron chi connectivity index (χ1n) is 6.84. The third kappa shape index (κ3) is 3.07. The first-order valence-corrected chi connectivity index (χ1v) is 7.63. The predicted octanol–water partition coefficient (Wildman–Crippen LogP) is 4.34. The maximum atomic E-state index is 10.0. The molecule has 18 heavy (non-hydrogen) atoms. The first kappa shape index (κ1) is 13.9. The van der Waals surface area contributed by atoms with E-state index in [1.54, 1.807) is 6.07 Å². The molecule has 3 heteroatoms. The van der Waals surface area contributed by atoms with Crippen LogP contribution in [-0.2, 0) is 0 Å². The number of nitrogens with zero attached hydrogens (tertiary/aromatic N) is 1. The number of likely N-dealkylation sites (tertiary alicyclic amines) is 1. The van der Waals surface area contributed by atoms with E-state index < -0.39 is 0 Å². The number of phenolic OH excluding ortho intramolecular Hbond substituents is 1. The topological polar surface area (TPSA) is 23.5 Å². The van der Waals surface area contributed by atoms with Gasteiger partial charge in [-0.3, -0.25) is 4.90 Å². The van der Waals surface area contributed by atoms with Crippen molar-refractivity contribution in [2.45, 2.75) is 39.2 Å². The van der Waals surface area contributed by atoms with Crippen LogP contribution in [0.3, 0.4) is 0 Å². The Hall–Kier alpha value is -0.540. The Morgan fingerprint density at radius 1 is 1.50 bits per heavy atom. The van der Waals surface area contributed by atoms with Crippen LogP contribution in [0, 0.1) is 5.92 Å². The summed E-state index contributed by atoms with van der Waals surface area (Å²) in [5.41, 5.74) is 1.03. The average Bonchev–Trinajstić information content (AvgIpc) is 2.41. The molecule has 100 valence electrons. The second-order valence-corrected chi connectivity index (χ2v) is 6.21. The van der Waals surface area contributed by atoms with Gasteiger partial charge in [0, 0.05) is 22.6 Å². The van der Waals surface area contributed by atoms with Crippen molar-refractivity contribution < 1.29 is 5.11 Å². The highest BCUT2D eigenvalue weighted by atomic mass is 79.9. The Kier molecular flexibility index (Phi) is 4.68. The van der Waals surface area contributed by atoms with E-state index in [0.29, 0.717) is 5.75 Å². The summed E-state index contributed by atoms with van der Waals surface area (Å²) in [5.74, 6) is 1.22. The molecule has 0 amide bonds. The molecule has 1 fully saturated rings. The third-order valence-corrected chi connectivity index (χ3v) is 4.61. The molecule has 2 unspecified atom stereocenters. The average molecular weight is 312 g/mol. The Labute approximate surface area is 118 Å². The number of rotatable bonds is 3. The fourth-order valence-electron chi connectivity index (χ4n) is 2.84. The van der Waals surface area contributed by atoms with E-state index in [1.807, 2.05) is 12.1 Å². The molecule has 1 heterocycles. The van der Waals surface area contributed by atoms with Crippen molar-refractivity contribution in [1.29, 1.82) is 0 Å². The van der Waals surface area contributed by atoms with E-state index in [9.17, 15) is 5.11 Å². The van der Waals surface area contributed by atoms with Crippen LogP contribution in [0.4, 0.5) is 0 Å². The maximum absolute atomic E-state index is 10.0. The van der Waals surface area contributed by atoms with Crippen molar-refractivity contribution in [1.82, 2.24) is 4.90 Å². The number of piperidine rings is 1. The van der Waals surface area contributed by atoms with E-state index in [4.69, 9.17) is 0 Å². The van der Waals surface area contributed by atoms with Crippen molar-refractivity contribution >= 4 is 15.9 Å². The lowest BCUT2D eigenvalue weighted by atomic mass is 9.93. The lowest BCUT2D eigenvalue weighted by Crippen LogP contribution is -2.37. The van der Waals surface area contributed by atoms with Gasteiger partial charge in [-0.1, -0.05) is 29.3 Å². The van der Waals surface area contributed by atoms with Crippen LogP contribution in [0.5, 0.6) is 5.75 Å². The smallest absolute Gasteiger partial charge is 0.120 e. The van der Waals surface area contributed by atoms with E-state index in [2.05, 4.69) is 34.7 Å². The van der Waals surface area contributed by atoms with Gasteiger partial charge in [0.2, 0.25) is 0 Å². The lowest BCUT2D eigenvalue weighted by molar-refractivity contribution is 0.128. The van der Waals surface area contributed by atoms with Crippen LogP contribution < -0.4 is 0 Å². The van der Waals surface area contributed by atoms with Gasteiger partial charge < -0.3 is 5.11 Å². The highest BCUT2D eigenvalue weighted by molar-refractivity contribution is 9.10. The van der Waals surface area contributed by atoms with E-state index >= 15 is 0 Å². The van der Waals surface area contributed by atoms with Crippen LogP contribution in [0.15, 0.2) is 22.7 Å². The summed E-state index contributed by atoms with van der Waals surface area (Å²) >= 11 is 3.48. The highest BCUT2D eigenvalue weighted by Crippen LogP contribution is 2.33. The van der Waals surface area contributed by atoms with Gasteiger partial charge in [0.05, 0.1) is 0 Å². The molecule has 0 aliphatic carbocycles. The molecule has 0 spiro atoms. The predicted molar refractivity (Wildman–Crippen MR) is 78.8 cm³/mol. The highest BCUT2D eigenvalue weighted by Gasteiger charge is 2.24. The summed E-state index contributed by atoms with van der Waals surface area (Å²) in [5, 5.41) is 10.0. The fraction of sp³-hybridized carbons (Fsp3) is 0.600. The molecule has 1 aliphatic rings. The summed E-state index contributed by atoms with van der Waals surface area (Å²) < 4.78 is 1.03. The molecular formula is C15H22BrNO. The first-order chi connectivity index (χ1) is 8.61. The molecule has 1 aromatic carbocycles. The van der Waals surface area contributed by atoms with Crippen molar-refractivity contribution in [2.24, 2.45) is 5.92 Å². The molecule has 2 atom stereocenters. The number of phenols is 1. The minimum Gasteiger partial charge on any atom is -0.508 e. The Morgan fingerprint density at radius 3 is 3.00 bits per heavy atom. The fourth-order valence-corrected chi connectivity index (χ4v) is 3.22. The molecule has 0 aromatic heterocycles. The molecule has 1 aromatic rings. The molecule has 0 radical (unpaired) electrons. The lowest BCUT2D eigenvalue weighted by Gasteiger charge is -2.37. The minimum atomic E-state index is 0.289. The van der Waals surface area contributed by atoms with Crippen LogP contribution >= 0.6 is 15.9 Å². The van der Waals surface area contributed by atoms with Crippen molar-refractivity contribution in [2.75, 3.05) is 13.1 Å². The number of hydrogen-bond acceptors (Lipinski definition) is 2. The van der Waals surface area contributed by atoms with Gasteiger partial charge in [-0.2, -0.15) is 0 Å². The zero-order chi connectivity index (χ0) is 13.1. The van der Waals surface area contributed by atoms with Gasteiger partial charge in [0.1, 0.15) is 5.75 Å². The van der Waals surface area contributed by atoms with Crippen molar-refractivity contribution in [3.8, 4) is 5.75 Å². The van der Waals surface area contributed by atoms with Crippen molar-refractivity contribution in [3.05, 3.63) is 28.2 Å². The van der Waals surface area contributed by atoms with Crippen LogP contribution in [-0.4, -0.2) is 23.1 Å². The standard InChI is InChI=1S/C15H22BrNO/c1-3-12-5-4-8-17(10-12)11(2)14-9-13(16)6-7-15(14)18/h6-7,9,11-12,18H,3-5,8,10H2,1-2H3. The number of benzene rings is 1. The van der Waals surface area contributed by atoms with Gasteiger partial charge in [-0.25, -0.2) is 0 Å². The molecule has 0 saturated carbocycles. The largest absolute Gasteiger partial charge is 0.508 e. The minimum absolute atomic E-state index is 0.289. The summed E-state index contributed by atoms with van der Waals surface area (Å²) in [4.78, 5) is 2.50. The van der Waals surface area contributed by atoms with Crippen molar-refractivity contribution in [3.63, 3.8) is 0 Å². The van der Waals surface area contributed by atoms with Gasteiger partial charge in [-0.15, -0.1) is 0 Å². The van der Waals surface area contributed by atoms with E-state index in [0.717, 1.165) is 29.0 Å². The van der Waals surface area contributed by atoms with Gasteiger partial charge in [0.15, 0.2) is 0 Å². The van der Waals surface area contributed by atoms with E-state index in [-0.39, 0.29) is 6.04 Å². The SMILES string of the molecule is CCC1CCCN(C(C)c2cc(Br)ccc2O)C1. The molecule has 1 aliphatic heterocycles. The second-order valence-electron chi connectivity index (χ2n) is 5.29. The molecular weight excluding hydrogens is 290 g/mol. The molecule has 1 N–H and O–H groups in total. The van der Waals surface area contributed by atoms with Crippen LogP contribution in [0.1, 0.15) is 44.7 Å². The summed E-state index contributed by atoms with van der Waals surface area (Å²) in [6.45, 7) is 6.77. The van der Waals surface area contributed by atoms with E-state index in [1.165, 1.54) is 19.3 Å². The number of halogens is 1. The maximum Gasteiger partial charge on any atom is 0.120 e. The van der Waals surface area contributed by atoms with Crippen LogP contribution in [0.2, 0.25) is 0 Å².